The lowest BCUT2D eigenvalue weighted by Gasteiger charge is -2.11. The minimum atomic E-state index is -0.348. The van der Waals surface area contributed by atoms with Crippen LogP contribution in [-0.2, 0) is 22.6 Å². The zero-order valence-corrected chi connectivity index (χ0v) is 13.0. The smallest absolute Gasteiger partial charge is 0.310 e. The average molecular weight is 353 g/mol. The second kappa shape index (κ2) is 7.22. The Bertz CT molecular complexity index is 643. The van der Waals surface area contributed by atoms with Crippen molar-refractivity contribution in [3.05, 3.63) is 63.9 Å². The van der Waals surface area contributed by atoms with Crippen LogP contribution in [0.5, 0.6) is 5.75 Å². The van der Waals surface area contributed by atoms with Gasteiger partial charge in [0.1, 0.15) is 18.2 Å². The molecule has 0 amide bonds. The van der Waals surface area contributed by atoms with E-state index >= 15 is 0 Å². The maximum Gasteiger partial charge on any atom is 0.310 e. The molecule has 21 heavy (non-hydrogen) atoms. The van der Waals surface area contributed by atoms with Crippen LogP contribution in [0.2, 0.25) is 0 Å². The molecule has 0 fully saturated rings. The third-order valence-corrected chi connectivity index (χ3v) is 3.42. The van der Waals surface area contributed by atoms with Crippen LogP contribution in [-0.4, -0.2) is 13.1 Å². The first-order chi connectivity index (χ1) is 10.1. The van der Waals surface area contributed by atoms with Gasteiger partial charge in [0.25, 0.3) is 0 Å². The minimum Gasteiger partial charge on any atom is -0.488 e. The van der Waals surface area contributed by atoms with Crippen molar-refractivity contribution < 1.29 is 18.7 Å². The first-order valence-electron chi connectivity index (χ1n) is 6.31. The maximum atomic E-state index is 13.7. The second-order valence-corrected chi connectivity index (χ2v) is 5.30. The van der Waals surface area contributed by atoms with Crippen LogP contribution in [0, 0.1) is 5.82 Å². The van der Waals surface area contributed by atoms with Gasteiger partial charge in [0.15, 0.2) is 0 Å². The van der Waals surface area contributed by atoms with Crippen LogP contribution in [0.1, 0.15) is 11.1 Å². The molecule has 2 rings (SSSR count). The summed E-state index contributed by atoms with van der Waals surface area (Å²) in [6.07, 6.45) is 0.119. The summed E-state index contributed by atoms with van der Waals surface area (Å²) in [6, 6.07) is 11.8. The molecular formula is C16H14BrFO3. The maximum absolute atomic E-state index is 13.7. The third kappa shape index (κ3) is 4.29. The fourth-order valence-corrected chi connectivity index (χ4v) is 2.24. The monoisotopic (exact) mass is 352 g/mol. The number of ether oxygens (including phenoxy) is 2. The van der Waals surface area contributed by atoms with Gasteiger partial charge in [-0.15, -0.1) is 0 Å². The Balaban J connectivity index is 2.13. The molecule has 5 heteroatoms. The zero-order valence-electron chi connectivity index (χ0n) is 11.4. The molecule has 0 heterocycles. The highest BCUT2D eigenvalue weighted by Gasteiger charge is 2.10. The minimum absolute atomic E-state index is 0.0868. The fraction of sp³-hybridized carbons (Fsp3) is 0.188. The van der Waals surface area contributed by atoms with E-state index in [2.05, 4.69) is 20.7 Å². The van der Waals surface area contributed by atoms with Crippen LogP contribution in [0.4, 0.5) is 4.39 Å². The Labute approximate surface area is 130 Å². The van der Waals surface area contributed by atoms with Gasteiger partial charge in [0, 0.05) is 15.6 Å². The van der Waals surface area contributed by atoms with Gasteiger partial charge in [-0.25, -0.2) is 4.39 Å². The van der Waals surface area contributed by atoms with E-state index in [-0.39, 0.29) is 24.8 Å². The highest BCUT2D eigenvalue weighted by atomic mass is 79.9. The van der Waals surface area contributed by atoms with Gasteiger partial charge >= 0.3 is 5.97 Å². The summed E-state index contributed by atoms with van der Waals surface area (Å²) in [6.45, 7) is 0.0868. The normalized spacial score (nSPS) is 10.2. The average Bonchev–Trinajstić information content (AvgIpc) is 2.49. The molecule has 2 aromatic carbocycles. The summed E-state index contributed by atoms with van der Waals surface area (Å²) in [5, 5.41) is 0. The van der Waals surface area contributed by atoms with Gasteiger partial charge in [-0.1, -0.05) is 34.1 Å². The van der Waals surface area contributed by atoms with Gasteiger partial charge in [0.2, 0.25) is 0 Å². The van der Waals surface area contributed by atoms with E-state index in [1.54, 1.807) is 30.3 Å². The molecule has 0 spiro atoms. The molecule has 3 nitrogen and oxygen atoms in total. The van der Waals surface area contributed by atoms with Gasteiger partial charge in [-0.05, 0) is 24.3 Å². The fourth-order valence-electron chi connectivity index (χ4n) is 1.83. The van der Waals surface area contributed by atoms with Crippen LogP contribution in [0.25, 0.3) is 0 Å². The molecular weight excluding hydrogens is 339 g/mol. The van der Waals surface area contributed by atoms with Crippen molar-refractivity contribution in [3.63, 3.8) is 0 Å². The lowest BCUT2D eigenvalue weighted by atomic mass is 10.1. The molecule has 0 bridgehead atoms. The molecule has 0 aliphatic heterocycles. The van der Waals surface area contributed by atoms with E-state index in [1.165, 1.54) is 13.2 Å². The Hall–Kier alpha value is -1.88. The van der Waals surface area contributed by atoms with E-state index in [1.807, 2.05) is 6.07 Å². The molecule has 0 aliphatic rings. The molecule has 110 valence electrons. The van der Waals surface area contributed by atoms with Crippen LogP contribution in [0.3, 0.4) is 0 Å². The van der Waals surface area contributed by atoms with Crippen LogP contribution in [0.15, 0.2) is 46.9 Å². The number of hydrogen-bond donors (Lipinski definition) is 0. The summed E-state index contributed by atoms with van der Waals surface area (Å²) in [4.78, 5) is 11.4. The number of para-hydroxylation sites is 1. The molecule has 0 N–H and O–H groups in total. The Kier molecular flexibility index (Phi) is 5.33. The number of carbonyl (C=O) groups excluding carboxylic acids is 1. The number of halogens is 2. The summed E-state index contributed by atoms with van der Waals surface area (Å²) < 4.78 is 24.7. The first-order valence-corrected chi connectivity index (χ1v) is 7.11. The summed E-state index contributed by atoms with van der Waals surface area (Å²) >= 11 is 3.30. The molecule has 0 atom stereocenters. The number of carbonyl (C=O) groups is 1. The third-order valence-electron chi connectivity index (χ3n) is 2.93. The van der Waals surface area contributed by atoms with E-state index in [0.717, 1.165) is 4.47 Å². The second-order valence-electron chi connectivity index (χ2n) is 4.39. The highest BCUT2D eigenvalue weighted by molar-refractivity contribution is 9.10. The Morgan fingerprint density at radius 2 is 1.95 bits per heavy atom. The van der Waals surface area contributed by atoms with Gasteiger partial charge < -0.3 is 9.47 Å². The van der Waals surface area contributed by atoms with E-state index in [9.17, 15) is 9.18 Å². The number of hydrogen-bond acceptors (Lipinski definition) is 3. The molecule has 0 saturated carbocycles. The quantitative estimate of drug-likeness (QED) is 0.766. The van der Waals surface area contributed by atoms with Crippen molar-refractivity contribution in [2.24, 2.45) is 0 Å². The largest absolute Gasteiger partial charge is 0.488 e. The highest BCUT2D eigenvalue weighted by Crippen LogP contribution is 2.22. The molecule has 0 aliphatic carbocycles. The van der Waals surface area contributed by atoms with E-state index in [0.29, 0.717) is 16.9 Å². The Morgan fingerprint density at radius 3 is 2.71 bits per heavy atom. The number of rotatable bonds is 5. The van der Waals surface area contributed by atoms with Crippen molar-refractivity contribution in [2.75, 3.05) is 7.11 Å². The van der Waals surface area contributed by atoms with Crippen molar-refractivity contribution >= 4 is 21.9 Å². The molecule has 2 aromatic rings. The van der Waals surface area contributed by atoms with Crippen molar-refractivity contribution in [3.8, 4) is 5.75 Å². The molecule has 0 saturated heterocycles. The standard InChI is InChI=1S/C16H14BrFO3/c1-20-16(19)9-11-4-2-3-5-15(11)21-10-12-8-13(17)6-7-14(12)18/h2-8H,9-10H2,1H3. The van der Waals surface area contributed by atoms with E-state index in [4.69, 9.17) is 4.74 Å². The SMILES string of the molecule is COC(=O)Cc1ccccc1OCc1cc(Br)ccc1F. The number of methoxy groups -OCH3 is 1. The van der Waals surface area contributed by atoms with Gasteiger partial charge in [-0.2, -0.15) is 0 Å². The molecule has 0 unspecified atom stereocenters. The lowest BCUT2D eigenvalue weighted by molar-refractivity contribution is -0.139. The van der Waals surface area contributed by atoms with Gasteiger partial charge in [0.05, 0.1) is 13.5 Å². The summed E-state index contributed by atoms with van der Waals surface area (Å²) in [5.74, 6) is -0.134. The van der Waals surface area contributed by atoms with Crippen LogP contribution < -0.4 is 4.74 Å². The first kappa shape index (κ1) is 15.5. The number of esters is 1. The van der Waals surface area contributed by atoms with Crippen molar-refractivity contribution in [2.45, 2.75) is 13.0 Å². The topological polar surface area (TPSA) is 35.5 Å². The predicted octanol–water partition coefficient (Wildman–Crippen LogP) is 3.88. The summed E-state index contributed by atoms with van der Waals surface area (Å²) in [7, 11) is 1.34. The Morgan fingerprint density at radius 1 is 1.19 bits per heavy atom. The molecule has 0 aromatic heterocycles. The van der Waals surface area contributed by atoms with Crippen LogP contribution >= 0.6 is 15.9 Å². The van der Waals surface area contributed by atoms with Gasteiger partial charge in [-0.3, -0.25) is 4.79 Å². The lowest BCUT2D eigenvalue weighted by Crippen LogP contribution is -2.07. The zero-order chi connectivity index (χ0) is 15.2. The van der Waals surface area contributed by atoms with Crippen molar-refractivity contribution in [1.29, 1.82) is 0 Å². The number of benzene rings is 2. The van der Waals surface area contributed by atoms with Crippen molar-refractivity contribution in [1.82, 2.24) is 0 Å². The predicted molar refractivity (Wildman–Crippen MR) is 80.6 cm³/mol. The summed E-state index contributed by atoms with van der Waals surface area (Å²) in [5.41, 5.74) is 1.15. The van der Waals surface area contributed by atoms with E-state index < -0.39 is 0 Å². The molecule has 0 radical (unpaired) electrons.